The maximum atomic E-state index is 12.7. The first-order valence-electron chi connectivity index (χ1n) is 5.32. The minimum absolute atomic E-state index is 0.00632. The van der Waals surface area contributed by atoms with Gasteiger partial charge >= 0.3 is 0 Å². The molecule has 0 fully saturated rings. The molecular weight excluding hydrogens is 271 g/mol. The molecule has 0 saturated carbocycles. The molecule has 1 nitrogen and oxygen atoms in total. The number of carbonyl (C=O) groups excluding carboxylic acids is 1. The number of Topliss-reactive ketones (excluding diaryl/α,β-unsaturated/α-hetero) is 1. The highest BCUT2D eigenvalue weighted by atomic mass is 35.5. The summed E-state index contributed by atoms with van der Waals surface area (Å²) in [5.74, 6) is 0.0405. The monoisotopic (exact) mass is 280 g/mol. The van der Waals surface area contributed by atoms with E-state index in [9.17, 15) is 9.18 Å². The number of rotatable bonds is 4. The first kappa shape index (κ1) is 13.1. The smallest absolute Gasteiger partial charge is 0.173 e. The fraction of sp³-hybridized carbons (Fsp3) is 0.0714. The van der Waals surface area contributed by atoms with Crippen LogP contribution >= 0.6 is 23.4 Å². The Balaban J connectivity index is 1.98. The molecule has 0 amide bonds. The van der Waals surface area contributed by atoms with Gasteiger partial charge in [0.15, 0.2) is 5.78 Å². The average Bonchev–Trinajstić information content (AvgIpc) is 2.38. The highest BCUT2D eigenvalue weighted by molar-refractivity contribution is 8.00. The molecular formula is C14H10ClFOS. The fourth-order valence-electron chi connectivity index (χ4n) is 1.42. The molecule has 0 atom stereocenters. The quantitative estimate of drug-likeness (QED) is 0.608. The van der Waals surface area contributed by atoms with E-state index in [0.29, 0.717) is 16.3 Å². The molecule has 0 spiro atoms. The number of hydrogen-bond donors (Lipinski definition) is 0. The van der Waals surface area contributed by atoms with Gasteiger partial charge in [0.2, 0.25) is 0 Å². The summed E-state index contributed by atoms with van der Waals surface area (Å²) >= 11 is 7.20. The topological polar surface area (TPSA) is 17.1 Å². The van der Waals surface area contributed by atoms with Crippen LogP contribution in [0, 0.1) is 5.82 Å². The first-order chi connectivity index (χ1) is 8.65. The molecule has 0 saturated heterocycles. The van der Waals surface area contributed by atoms with Crippen LogP contribution in [-0.4, -0.2) is 11.5 Å². The van der Waals surface area contributed by atoms with E-state index in [4.69, 9.17) is 11.6 Å². The second-order valence-corrected chi connectivity index (χ2v) is 5.16. The van der Waals surface area contributed by atoms with Crippen molar-refractivity contribution in [2.75, 3.05) is 5.75 Å². The third-order valence-corrected chi connectivity index (χ3v) is 3.58. The van der Waals surface area contributed by atoms with Crippen molar-refractivity contribution in [1.29, 1.82) is 0 Å². The lowest BCUT2D eigenvalue weighted by atomic mass is 10.1. The van der Waals surface area contributed by atoms with Crippen LogP contribution in [0.15, 0.2) is 53.4 Å². The van der Waals surface area contributed by atoms with Crippen LogP contribution in [0.1, 0.15) is 10.4 Å². The highest BCUT2D eigenvalue weighted by Crippen LogP contribution is 2.20. The minimum Gasteiger partial charge on any atom is -0.293 e. The van der Waals surface area contributed by atoms with Crippen LogP contribution in [-0.2, 0) is 0 Å². The van der Waals surface area contributed by atoms with Gasteiger partial charge in [-0.2, -0.15) is 0 Å². The predicted octanol–water partition coefficient (Wildman–Crippen LogP) is 4.45. The maximum absolute atomic E-state index is 12.7. The van der Waals surface area contributed by atoms with Gasteiger partial charge in [-0.15, -0.1) is 11.8 Å². The Labute approximate surface area is 114 Å². The molecule has 0 aliphatic rings. The van der Waals surface area contributed by atoms with Crippen molar-refractivity contribution in [3.05, 3.63) is 64.9 Å². The number of benzene rings is 2. The summed E-state index contributed by atoms with van der Waals surface area (Å²) < 4.78 is 12.7. The van der Waals surface area contributed by atoms with Gasteiger partial charge in [0.05, 0.1) is 5.75 Å². The molecule has 0 heterocycles. The molecule has 0 N–H and O–H groups in total. The van der Waals surface area contributed by atoms with Gasteiger partial charge in [0.1, 0.15) is 5.82 Å². The molecule has 2 aromatic carbocycles. The Morgan fingerprint density at radius 1 is 1.17 bits per heavy atom. The maximum Gasteiger partial charge on any atom is 0.173 e. The van der Waals surface area contributed by atoms with Crippen LogP contribution in [0.4, 0.5) is 4.39 Å². The summed E-state index contributed by atoms with van der Waals surface area (Å²) in [6, 6.07) is 12.9. The third kappa shape index (κ3) is 3.59. The number of halogens is 2. The molecule has 0 unspecified atom stereocenters. The van der Waals surface area contributed by atoms with Crippen molar-refractivity contribution in [1.82, 2.24) is 0 Å². The van der Waals surface area contributed by atoms with Gasteiger partial charge in [-0.25, -0.2) is 4.39 Å². The molecule has 0 aromatic heterocycles. The van der Waals surface area contributed by atoms with Gasteiger partial charge in [0.25, 0.3) is 0 Å². The molecule has 0 radical (unpaired) electrons. The molecule has 0 aliphatic carbocycles. The molecule has 0 aliphatic heterocycles. The summed E-state index contributed by atoms with van der Waals surface area (Å²) in [6.45, 7) is 0. The molecule has 18 heavy (non-hydrogen) atoms. The molecule has 2 aromatic rings. The Kier molecular flexibility index (Phi) is 4.39. The van der Waals surface area contributed by atoms with Crippen molar-refractivity contribution in [2.24, 2.45) is 0 Å². The van der Waals surface area contributed by atoms with Gasteiger partial charge < -0.3 is 0 Å². The third-order valence-electron chi connectivity index (χ3n) is 2.33. The second kappa shape index (κ2) is 6.03. The fourth-order valence-corrected chi connectivity index (χ4v) is 2.41. The zero-order chi connectivity index (χ0) is 13.0. The normalized spacial score (nSPS) is 10.3. The van der Waals surface area contributed by atoms with Crippen molar-refractivity contribution in [3.8, 4) is 0 Å². The van der Waals surface area contributed by atoms with Crippen LogP contribution in [0.2, 0.25) is 5.02 Å². The zero-order valence-corrected chi connectivity index (χ0v) is 11.0. The largest absolute Gasteiger partial charge is 0.293 e. The second-order valence-electron chi connectivity index (χ2n) is 3.68. The van der Waals surface area contributed by atoms with Crippen molar-refractivity contribution in [3.63, 3.8) is 0 Å². The van der Waals surface area contributed by atoms with Gasteiger partial charge in [-0.05, 0) is 36.4 Å². The Morgan fingerprint density at radius 3 is 2.56 bits per heavy atom. The lowest BCUT2D eigenvalue weighted by molar-refractivity contribution is 0.102. The van der Waals surface area contributed by atoms with E-state index in [-0.39, 0.29) is 11.6 Å². The average molecular weight is 281 g/mol. The van der Waals surface area contributed by atoms with Gasteiger partial charge in [0, 0.05) is 15.5 Å². The lowest BCUT2D eigenvalue weighted by Crippen LogP contribution is -2.01. The van der Waals surface area contributed by atoms with Crippen molar-refractivity contribution < 1.29 is 9.18 Å². The summed E-state index contributed by atoms with van der Waals surface area (Å²) in [5, 5.41) is 0.549. The van der Waals surface area contributed by atoms with E-state index in [1.807, 2.05) is 0 Å². The zero-order valence-electron chi connectivity index (χ0n) is 9.40. The number of ketones is 1. The van der Waals surface area contributed by atoms with E-state index in [0.717, 1.165) is 4.90 Å². The molecule has 92 valence electrons. The van der Waals surface area contributed by atoms with E-state index in [1.165, 1.54) is 23.9 Å². The number of thioether (sulfide) groups is 1. The van der Waals surface area contributed by atoms with Crippen LogP contribution in [0.5, 0.6) is 0 Å². The van der Waals surface area contributed by atoms with Crippen molar-refractivity contribution in [2.45, 2.75) is 4.90 Å². The summed E-state index contributed by atoms with van der Waals surface area (Å²) in [5.41, 5.74) is 0.595. The highest BCUT2D eigenvalue weighted by Gasteiger charge is 2.07. The SMILES string of the molecule is O=C(CSc1ccc(F)cc1)c1cccc(Cl)c1. The van der Waals surface area contributed by atoms with E-state index in [1.54, 1.807) is 36.4 Å². The molecule has 4 heteroatoms. The van der Waals surface area contributed by atoms with Crippen LogP contribution < -0.4 is 0 Å². The van der Waals surface area contributed by atoms with E-state index >= 15 is 0 Å². The molecule has 0 bridgehead atoms. The number of carbonyl (C=O) groups is 1. The number of hydrogen-bond acceptors (Lipinski definition) is 2. The predicted molar refractivity (Wildman–Crippen MR) is 72.9 cm³/mol. The first-order valence-corrected chi connectivity index (χ1v) is 6.68. The van der Waals surface area contributed by atoms with Crippen molar-refractivity contribution >= 4 is 29.1 Å². The Bertz CT molecular complexity index is 554. The lowest BCUT2D eigenvalue weighted by Gasteiger charge is -2.02. The van der Waals surface area contributed by atoms with E-state index < -0.39 is 0 Å². The Morgan fingerprint density at radius 2 is 1.89 bits per heavy atom. The van der Waals surface area contributed by atoms with Gasteiger partial charge in [-0.1, -0.05) is 23.7 Å². The van der Waals surface area contributed by atoms with Crippen LogP contribution in [0.25, 0.3) is 0 Å². The standard InChI is InChI=1S/C14H10ClFOS/c15-11-3-1-2-10(8-11)14(17)9-18-13-6-4-12(16)5-7-13/h1-8H,9H2. The minimum atomic E-state index is -0.277. The summed E-state index contributed by atoms with van der Waals surface area (Å²) in [7, 11) is 0. The molecule has 2 rings (SSSR count). The van der Waals surface area contributed by atoms with Crippen LogP contribution in [0.3, 0.4) is 0 Å². The summed E-state index contributed by atoms with van der Waals surface area (Å²) in [6.07, 6.45) is 0. The van der Waals surface area contributed by atoms with Gasteiger partial charge in [-0.3, -0.25) is 4.79 Å². The Hall–Kier alpha value is -1.32. The van der Waals surface area contributed by atoms with E-state index in [2.05, 4.69) is 0 Å². The summed E-state index contributed by atoms with van der Waals surface area (Å²) in [4.78, 5) is 12.8.